The molecule has 92 valence electrons. The van der Waals surface area contributed by atoms with Gasteiger partial charge >= 0.3 is 0 Å². The van der Waals surface area contributed by atoms with E-state index in [0.29, 0.717) is 0 Å². The molecule has 0 fully saturated rings. The van der Waals surface area contributed by atoms with Crippen LogP contribution in [0.1, 0.15) is 13.8 Å². The van der Waals surface area contributed by atoms with E-state index in [9.17, 15) is 0 Å². The van der Waals surface area contributed by atoms with Gasteiger partial charge in [0.05, 0.1) is 7.11 Å². The first-order chi connectivity index (χ1) is 8.40. The van der Waals surface area contributed by atoms with Crippen molar-refractivity contribution >= 4 is 0 Å². The van der Waals surface area contributed by atoms with Crippen LogP contribution in [0.3, 0.4) is 0 Å². The highest BCUT2D eigenvalue weighted by Crippen LogP contribution is 2.17. The van der Waals surface area contributed by atoms with Crippen LogP contribution >= 0.6 is 0 Å². The van der Waals surface area contributed by atoms with Gasteiger partial charge in [0.2, 0.25) is 0 Å². The quantitative estimate of drug-likeness (QED) is 0.809. The average Bonchev–Trinajstić information content (AvgIpc) is 2.97. The van der Waals surface area contributed by atoms with Crippen LogP contribution in [-0.4, -0.2) is 22.3 Å². The molecule has 0 bridgehead atoms. The second-order valence-electron chi connectivity index (χ2n) is 2.56. The summed E-state index contributed by atoms with van der Waals surface area (Å²) in [5, 5.41) is 6.56. The highest BCUT2D eigenvalue weighted by Gasteiger charge is 1.99. The molecule has 17 heavy (non-hydrogen) atoms. The average molecular weight is 233 g/mol. The van der Waals surface area contributed by atoms with Gasteiger partial charge in [-0.3, -0.25) is 5.10 Å². The number of methoxy groups -OCH3 is 1. The summed E-state index contributed by atoms with van der Waals surface area (Å²) in [6.45, 7) is 10.0. The highest BCUT2D eigenvalue weighted by atomic mass is 16.5. The number of nitrogens with zero attached hydrogens (tertiary/aromatic N) is 2. The number of H-pyrrole nitrogens is 1. The van der Waals surface area contributed by atoms with E-state index in [2.05, 4.69) is 28.3 Å². The SMILES string of the molecule is C=C.CC.COc1ccc(-c2ncn[nH]2)cc1. The molecular weight excluding hydrogens is 214 g/mol. The lowest BCUT2D eigenvalue weighted by Crippen LogP contribution is -1.83. The molecule has 4 nitrogen and oxygen atoms in total. The van der Waals surface area contributed by atoms with Crippen molar-refractivity contribution in [2.24, 2.45) is 0 Å². The van der Waals surface area contributed by atoms with Crippen molar-refractivity contribution < 1.29 is 4.74 Å². The van der Waals surface area contributed by atoms with E-state index in [1.54, 1.807) is 7.11 Å². The maximum Gasteiger partial charge on any atom is 0.155 e. The second-order valence-corrected chi connectivity index (χ2v) is 2.56. The van der Waals surface area contributed by atoms with Gasteiger partial charge in [-0.15, -0.1) is 13.2 Å². The van der Waals surface area contributed by atoms with Gasteiger partial charge in [-0.2, -0.15) is 5.10 Å². The summed E-state index contributed by atoms with van der Waals surface area (Å²) in [6, 6.07) is 7.63. The lowest BCUT2D eigenvalue weighted by Gasteiger charge is -1.99. The summed E-state index contributed by atoms with van der Waals surface area (Å²) in [5.74, 6) is 1.60. The van der Waals surface area contributed by atoms with Crippen molar-refractivity contribution in [2.45, 2.75) is 13.8 Å². The Morgan fingerprint density at radius 3 is 2.12 bits per heavy atom. The van der Waals surface area contributed by atoms with Crippen molar-refractivity contribution in [3.05, 3.63) is 43.8 Å². The van der Waals surface area contributed by atoms with Crippen LogP contribution in [0.25, 0.3) is 11.4 Å². The van der Waals surface area contributed by atoms with Gasteiger partial charge in [-0.25, -0.2) is 4.98 Å². The molecule has 0 aliphatic rings. The predicted molar refractivity (Wildman–Crippen MR) is 71.0 cm³/mol. The molecule has 2 rings (SSSR count). The van der Waals surface area contributed by atoms with Gasteiger partial charge in [0.15, 0.2) is 5.82 Å². The van der Waals surface area contributed by atoms with Gasteiger partial charge < -0.3 is 4.74 Å². The van der Waals surface area contributed by atoms with Crippen LogP contribution in [0, 0.1) is 0 Å². The molecule has 0 amide bonds. The highest BCUT2D eigenvalue weighted by molar-refractivity contribution is 5.55. The fraction of sp³-hybridized carbons (Fsp3) is 0.231. The van der Waals surface area contributed by atoms with Crippen LogP contribution in [-0.2, 0) is 0 Å². The molecule has 1 N–H and O–H groups in total. The fourth-order valence-corrected chi connectivity index (χ4v) is 1.09. The third-order valence-electron chi connectivity index (χ3n) is 1.78. The van der Waals surface area contributed by atoms with E-state index in [4.69, 9.17) is 4.74 Å². The first-order valence-corrected chi connectivity index (χ1v) is 5.40. The smallest absolute Gasteiger partial charge is 0.155 e. The number of rotatable bonds is 2. The van der Waals surface area contributed by atoms with Crippen LogP contribution in [0.15, 0.2) is 43.8 Å². The summed E-state index contributed by atoms with van der Waals surface area (Å²) >= 11 is 0. The minimum absolute atomic E-state index is 0.766. The van der Waals surface area contributed by atoms with Crippen LogP contribution in [0.4, 0.5) is 0 Å². The molecule has 0 radical (unpaired) electrons. The molecule has 0 aliphatic carbocycles. The summed E-state index contributed by atoms with van der Waals surface area (Å²) in [4.78, 5) is 4.03. The molecule has 2 aromatic rings. The Hall–Kier alpha value is -2.10. The molecule has 1 heterocycles. The molecule has 0 saturated heterocycles. The maximum absolute atomic E-state index is 5.04. The number of hydrogen-bond acceptors (Lipinski definition) is 3. The van der Waals surface area contributed by atoms with Crippen LogP contribution in [0.5, 0.6) is 5.75 Å². The predicted octanol–water partition coefficient (Wildman–Crippen LogP) is 3.31. The Labute approximate surface area is 102 Å². The Kier molecular flexibility index (Phi) is 8.02. The van der Waals surface area contributed by atoms with E-state index in [0.717, 1.165) is 17.1 Å². The Morgan fingerprint density at radius 2 is 1.71 bits per heavy atom. The molecule has 4 heteroatoms. The van der Waals surface area contributed by atoms with Crippen molar-refractivity contribution in [3.8, 4) is 17.1 Å². The Bertz CT molecular complexity index is 382. The molecular formula is C13H19N3O. The molecule has 0 unspecified atom stereocenters. The minimum atomic E-state index is 0.766. The van der Waals surface area contributed by atoms with Crippen molar-refractivity contribution in [1.29, 1.82) is 0 Å². The van der Waals surface area contributed by atoms with E-state index in [1.165, 1.54) is 6.33 Å². The zero-order valence-corrected chi connectivity index (χ0v) is 10.6. The monoisotopic (exact) mass is 233 g/mol. The first-order valence-electron chi connectivity index (χ1n) is 5.40. The lowest BCUT2D eigenvalue weighted by atomic mass is 10.2. The largest absolute Gasteiger partial charge is 0.497 e. The molecule has 0 saturated carbocycles. The van der Waals surface area contributed by atoms with Crippen LogP contribution < -0.4 is 4.74 Å². The lowest BCUT2D eigenvalue weighted by molar-refractivity contribution is 0.415. The number of ether oxygens (including phenoxy) is 1. The summed E-state index contributed by atoms with van der Waals surface area (Å²) in [7, 11) is 1.64. The van der Waals surface area contributed by atoms with E-state index in [-0.39, 0.29) is 0 Å². The maximum atomic E-state index is 5.04. The van der Waals surface area contributed by atoms with E-state index in [1.807, 2.05) is 38.1 Å². The number of aromatic nitrogens is 3. The zero-order chi connectivity index (χ0) is 13.1. The third kappa shape index (κ3) is 4.51. The minimum Gasteiger partial charge on any atom is -0.497 e. The van der Waals surface area contributed by atoms with Gasteiger partial charge in [0.1, 0.15) is 12.1 Å². The second kappa shape index (κ2) is 9.15. The summed E-state index contributed by atoms with van der Waals surface area (Å²) < 4.78 is 5.04. The topological polar surface area (TPSA) is 50.8 Å². The van der Waals surface area contributed by atoms with Gasteiger partial charge in [0.25, 0.3) is 0 Å². The normalized spacial score (nSPS) is 8.18. The van der Waals surface area contributed by atoms with Crippen LogP contribution in [0.2, 0.25) is 0 Å². The number of benzene rings is 1. The fourth-order valence-electron chi connectivity index (χ4n) is 1.09. The van der Waals surface area contributed by atoms with E-state index >= 15 is 0 Å². The number of aromatic amines is 1. The van der Waals surface area contributed by atoms with Gasteiger partial charge in [-0.05, 0) is 24.3 Å². The molecule has 0 spiro atoms. The summed E-state index contributed by atoms with van der Waals surface area (Å²) in [6.07, 6.45) is 1.49. The van der Waals surface area contributed by atoms with Crippen molar-refractivity contribution in [2.75, 3.05) is 7.11 Å². The number of nitrogens with one attached hydrogen (secondary N) is 1. The molecule has 0 aliphatic heterocycles. The number of hydrogen-bond donors (Lipinski definition) is 1. The zero-order valence-electron chi connectivity index (χ0n) is 10.6. The first kappa shape index (κ1) is 14.9. The van der Waals surface area contributed by atoms with Gasteiger partial charge in [0, 0.05) is 5.56 Å². The van der Waals surface area contributed by atoms with Gasteiger partial charge in [-0.1, -0.05) is 13.8 Å². The molecule has 0 atom stereocenters. The van der Waals surface area contributed by atoms with Crippen molar-refractivity contribution in [3.63, 3.8) is 0 Å². The molecule has 1 aromatic heterocycles. The van der Waals surface area contributed by atoms with E-state index < -0.39 is 0 Å². The Balaban J connectivity index is 0.000000581. The summed E-state index contributed by atoms with van der Waals surface area (Å²) in [5.41, 5.74) is 0.998. The molecule has 1 aromatic carbocycles. The standard InChI is InChI=1S/C9H9N3O.C2H6.C2H4/c1-13-8-4-2-7(3-5-8)9-10-6-11-12-9;2*1-2/h2-6H,1H3,(H,10,11,12);1-2H3;1-2H2. The van der Waals surface area contributed by atoms with Crippen molar-refractivity contribution in [1.82, 2.24) is 15.2 Å². The Morgan fingerprint density at radius 1 is 1.12 bits per heavy atom. The third-order valence-corrected chi connectivity index (χ3v) is 1.78.